The van der Waals surface area contributed by atoms with Gasteiger partial charge in [-0.25, -0.2) is 0 Å². The minimum Gasteiger partial charge on any atom is -0.490 e. The summed E-state index contributed by atoms with van der Waals surface area (Å²) in [6, 6.07) is 4.34. The van der Waals surface area contributed by atoms with Crippen molar-refractivity contribution in [2.45, 2.75) is 18.9 Å². The molecule has 0 aliphatic carbocycles. The quantitative estimate of drug-likeness (QED) is 0.610. The molecule has 0 fully saturated rings. The number of ether oxygens (including phenoxy) is 1. The summed E-state index contributed by atoms with van der Waals surface area (Å²) in [5, 5.41) is 19.5. The molecule has 1 atom stereocenters. The number of aliphatic hydroxyl groups excluding tert-OH is 1. The summed E-state index contributed by atoms with van der Waals surface area (Å²) >= 11 is 0. The maximum atomic E-state index is 10.8. The standard InChI is InChI=1S/C11H16N2O4.ClH/c1-17-11-5-4-8(7-10(11)13(15)16)9(12)3-2-6-14;/h4-5,7,9,14H,2-3,6,12H2,1H3;1H/t9-;/m0./s1. The number of nitrogens with zero attached hydrogens (tertiary/aromatic N) is 1. The van der Waals surface area contributed by atoms with E-state index in [0.717, 1.165) is 0 Å². The highest BCUT2D eigenvalue weighted by atomic mass is 35.5. The van der Waals surface area contributed by atoms with Crippen LogP contribution in [0.4, 0.5) is 5.69 Å². The van der Waals surface area contributed by atoms with Crippen molar-refractivity contribution in [1.29, 1.82) is 0 Å². The van der Waals surface area contributed by atoms with E-state index in [4.69, 9.17) is 15.6 Å². The van der Waals surface area contributed by atoms with Crippen molar-refractivity contribution in [3.63, 3.8) is 0 Å². The third-order valence-electron chi connectivity index (χ3n) is 2.50. The van der Waals surface area contributed by atoms with E-state index in [0.29, 0.717) is 18.4 Å². The summed E-state index contributed by atoms with van der Waals surface area (Å²) in [5.74, 6) is 0.216. The van der Waals surface area contributed by atoms with Gasteiger partial charge in [-0.1, -0.05) is 6.07 Å². The average molecular weight is 277 g/mol. The fraction of sp³-hybridized carbons (Fsp3) is 0.455. The first-order valence-electron chi connectivity index (χ1n) is 5.29. The molecular weight excluding hydrogens is 260 g/mol. The summed E-state index contributed by atoms with van der Waals surface area (Å²) in [7, 11) is 1.38. The van der Waals surface area contributed by atoms with Gasteiger partial charge in [0.2, 0.25) is 0 Å². The molecule has 0 radical (unpaired) electrons. The Morgan fingerprint density at radius 3 is 2.72 bits per heavy atom. The van der Waals surface area contributed by atoms with Crippen molar-refractivity contribution in [2.24, 2.45) is 5.73 Å². The lowest BCUT2D eigenvalue weighted by Gasteiger charge is -2.11. The maximum Gasteiger partial charge on any atom is 0.311 e. The lowest BCUT2D eigenvalue weighted by atomic mass is 10.0. The lowest BCUT2D eigenvalue weighted by molar-refractivity contribution is -0.385. The molecule has 1 aromatic carbocycles. The molecule has 18 heavy (non-hydrogen) atoms. The molecular formula is C11H17ClN2O4. The highest BCUT2D eigenvalue weighted by molar-refractivity contribution is 5.85. The van der Waals surface area contributed by atoms with Crippen LogP contribution in [0.5, 0.6) is 5.75 Å². The molecule has 0 saturated carbocycles. The Morgan fingerprint density at radius 2 is 2.22 bits per heavy atom. The van der Waals surface area contributed by atoms with E-state index in [9.17, 15) is 10.1 Å². The van der Waals surface area contributed by atoms with Crippen LogP contribution >= 0.6 is 12.4 Å². The van der Waals surface area contributed by atoms with Crippen molar-refractivity contribution in [3.05, 3.63) is 33.9 Å². The summed E-state index contributed by atoms with van der Waals surface area (Å²) in [5.41, 5.74) is 6.45. The van der Waals surface area contributed by atoms with Crippen LogP contribution in [0, 0.1) is 10.1 Å². The number of rotatable bonds is 6. The van der Waals surface area contributed by atoms with Gasteiger partial charge in [0.1, 0.15) is 0 Å². The molecule has 102 valence electrons. The number of hydrogen-bond donors (Lipinski definition) is 2. The second kappa shape index (κ2) is 7.86. The molecule has 1 aromatic rings. The van der Waals surface area contributed by atoms with E-state index in [1.165, 1.54) is 19.2 Å². The Morgan fingerprint density at radius 1 is 1.56 bits per heavy atom. The third-order valence-corrected chi connectivity index (χ3v) is 2.50. The van der Waals surface area contributed by atoms with Gasteiger partial charge in [0, 0.05) is 18.7 Å². The zero-order valence-electron chi connectivity index (χ0n) is 10.0. The highest BCUT2D eigenvalue weighted by Gasteiger charge is 2.17. The Bertz CT molecular complexity index is 401. The number of aliphatic hydroxyl groups is 1. The summed E-state index contributed by atoms with van der Waals surface area (Å²) in [4.78, 5) is 10.3. The molecule has 7 heteroatoms. The predicted molar refractivity (Wildman–Crippen MR) is 70.1 cm³/mol. The van der Waals surface area contributed by atoms with Gasteiger partial charge >= 0.3 is 5.69 Å². The molecule has 6 nitrogen and oxygen atoms in total. The second-order valence-electron chi connectivity index (χ2n) is 3.66. The Hall–Kier alpha value is -1.37. The fourth-order valence-corrected chi connectivity index (χ4v) is 1.56. The van der Waals surface area contributed by atoms with Crippen molar-refractivity contribution in [3.8, 4) is 5.75 Å². The van der Waals surface area contributed by atoms with E-state index in [2.05, 4.69) is 0 Å². The predicted octanol–water partition coefficient (Wildman–Crippen LogP) is 1.80. The van der Waals surface area contributed by atoms with Gasteiger partial charge in [-0.05, 0) is 24.5 Å². The van der Waals surface area contributed by atoms with E-state index < -0.39 is 4.92 Å². The number of nitrogens with two attached hydrogens (primary N) is 1. The molecule has 0 bridgehead atoms. The van der Waals surface area contributed by atoms with Crippen LogP contribution in [0.15, 0.2) is 18.2 Å². The van der Waals surface area contributed by atoms with Crippen molar-refractivity contribution in [2.75, 3.05) is 13.7 Å². The van der Waals surface area contributed by atoms with Gasteiger partial charge in [0.15, 0.2) is 5.75 Å². The summed E-state index contributed by atoms with van der Waals surface area (Å²) in [6.45, 7) is 0.0615. The van der Waals surface area contributed by atoms with Crippen LogP contribution in [-0.4, -0.2) is 23.7 Å². The van der Waals surface area contributed by atoms with Gasteiger partial charge in [-0.15, -0.1) is 12.4 Å². The van der Waals surface area contributed by atoms with Crippen LogP contribution < -0.4 is 10.5 Å². The van der Waals surface area contributed by atoms with Gasteiger partial charge in [0.05, 0.1) is 12.0 Å². The number of nitro groups is 1. The van der Waals surface area contributed by atoms with Gasteiger partial charge in [-0.3, -0.25) is 10.1 Å². The zero-order valence-corrected chi connectivity index (χ0v) is 10.9. The SMILES string of the molecule is COc1ccc([C@@H](N)CCCO)cc1[N+](=O)[O-].Cl. The van der Waals surface area contributed by atoms with E-state index in [-0.39, 0.29) is 36.5 Å². The minimum absolute atomic E-state index is 0. The molecule has 3 N–H and O–H groups in total. The van der Waals surface area contributed by atoms with E-state index in [1.807, 2.05) is 0 Å². The maximum absolute atomic E-state index is 10.8. The van der Waals surface area contributed by atoms with Crippen LogP contribution in [0.3, 0.4) is 0 Å². The molecule has 0 aliphatic rings. The smallest absolute Gasteiger partial charge is 0.311 e. The lowest BCUT2D eigenvalue weighted by Crippen LogP contribution is -2.11. The average Bonchev–Trinajstić information content (AvgIpc) is 2.34. The number of methoxy groups -OCH3 is 1. The van der Waals surface area contributed by atoms with Crippen molar-refractivity contribution < 1.29 is 14.8 Å². The van der Waals surface area contributed by atoms with Gasteiger partial charge < -0.3 is 15.6 Å². The molecule has 0 amide bonds. The monoisotopic (exact) mass is 276 g/mol. The normalized spacial score (nSPS) is 11.5. The van der Waals surface area contributed by atoms with Crippen molar-refractivity contribution >= 4 is 18.1 Å². The van der Waals surface area contributed by atoms with Gasteiger partial charge in [-0.2, -0.15) is 0 Å². The topological polar surface area (TPSA) is 98.6 Å². The van der Waals surface area contributed by atoms with Crippen LogP contribution in [-0.2, 0) is 0 Å². The molecule has 0 spiro atoms. The van der Waals surface area contributed by atoms with Crippen LogP contribution in [0.2, 0.25) is 0 Å². The van der Waals surface area contributed by atoms with E-state index in [1.54, 1.807) is 6.07 Å². The molecule has 0 saturated heterocycles. The highest BCUT2D eigenvalue weighted by Crippen LogP contribution is 2.30. The molecule has 0 unspecified atom stereocenters. The zero-order chi connectivity index (χ0) is 12.8. The first-order valence-corrected chi connectivity index (χ1v) is 5.29. The molecule has 1 rings (SSSR count). The Labute approximate surface area is 111 Å². The van der Waals surface area contributed by atoms with E-state index >= 15 is 0 Å². The number of nitro benzene ring substituents is 1. The fourth-order valence-electron chi connectivity index (χ4n) is 1.56. The number of halogens is 1. The first kappa shape index (κ1) is 16.6. The first-order chi connectivity index (χ1) is 8.10. The number of hydrogen-bond acceptors (Lipinski definition) is 5. The molecule has 0 heterocycles. The largest absolute Gasteiger partial charge is 0.490 e. The number of benzene rings is 1. The van der Waals surface area contributed by atoms with Gasteiger partial charge in [0.25, 0.3) is 0 Å². The van der Waals surface area contributed by atoms with Crippen molar-refractivity contribution in [1.82, 2.24) is 0 Å². The Kier molecular flexibility index (Phi) is 7.26. The second-order valence-corrected chi connectivity index (χ2v) is 3.66. The third kappa shape index (κ3) is 4.14. The van der Waals surface area contributed by atoms with Crippen LogP contribution in [0.1, 0.15) is 24.4 Å². The molecule has 0 aromatic heterocycles. The Balaban J connectivity index is 0.00000289. The van der Waals surface area contributed by atoms with Crippen LogP contribution in [0.25, 0.3) is 0 Å². The minimum atomic E-state index is -0.499. The summed E-state index contributed by atoms with van der Waals surface area (Å²) < 4.78 is 4.90. The molecule has 0 aliphatic heterocycles. The summed E-state index contributed by atoms with van der Waals surface area (Å²) in [6.07, 6.45) is 1.15.